The minimum Gasteiger partial charge on any atom is -0.456 e. The molecular weight excluding hydrogens is 651 g/mol. The van der Waals surface area contributed by atoms with E-state index in [0.29, 0.717) is 17.5 Å². The smallest absolute Gasteiger partial charge is 0.167 e. The first-order chi connectivity index (χ1) is 26.0. The standard InChI is InChI=1S/C48H31N3O2/c1-48(2)37-21-8-6-15-31(37)32-26-25-29(27-38(32)48)45-49-46(51-47(50-45)36-20-10-18-34-33-16-7-9-22-39(33)53-44(34)36)35-19-12-24-41-43(35)42-30(17-11-23-40(42)52-41)28-13-4-3-5-14-28/h3-27H,1-2H3. The zero-order valence-electron chi connectivity index (χ0n) is 29.1. The number of benzene rings is 7. The fraction of sp³-hybridized carbons (Fsp3) is 0.0625. The van der Waals surface area contributed by atoms with Crippen molar-refractivity contribution >= 4 is 43.9 Å². The lowest BCUT2D eigenvalue weighted by molar-refractivity contribution is 0.660. The van der Waals surface area contributed by atoms with Gasteiger partial charge in [-0.2, -0.15) is 0 Å². The molecule has 3 aromatic heterocycles. The second kappa shape index (κ2) is 11.1. The van der Waals surface area contributed by atoms with Gasteiger partial charge in [-0.1, -0.05) is 135 Å². The third-order valence-electron chi connectivity index (χ3n) is 11.0. The van der Waals surface area contributed by atoms with Crippen LogP contribution in [0.1, 0.15) is 25.0 Å². The number of furan rings is 2. The molecule has 0 spiro atoms. The van der Waals surface area contributed by atoms with Crippen LogP contribution in [0, 0.1) is 0 Å². The number of aromatic nitrogens is 3. The molecule has 53 heavy (non-hydrogen) atoms. The summed E-state index contributed by atoms with van der Waals surface area (Å²) in [4.78, 5) is 15.8. The van der Waals surface area contributed by atoms with E-state index in [1.54, 1.807) is 0 Å². The number of nitrogens with zero attached hydrogens (tertiary/aromatic N) is 3. The van der Waals surface area contributed by atoms with Gasteiger partial charge in [0.25, 0.3) is 0 Å². The summed E-state index contributed by atoms with van der Waals surface area (Å²) in [5.74, 6) is 1.71. The van der Waals surface area contributed by atoms with E-state index in [0.717, 1.165) is 71.7 Å². The summed E-state index contributed by atoms with van der Waals surface area (Å²) >= 11 is 0. The summed E-state index contributed by atoms with van der Waals surface area (Å²) in [6.45, 7) is 4.59. The van der Waals surface area contributed by atoms with Crippen molar-refractivity contribution < 1.29 is 8.83 Å². The number of hydrogen-bond donors (Lipinski definition) is 0. The molecule has 1 aliphatic rings. The molecule has 5 heteroatoms. The van der Waals surface area contributed by atoms with E-state index >= 15 is 0 Å². The summed E-state index contributed by atoms with van der Waals surface area (Å²) in [7, 11) is 0. The zero-order chi connectivity index (χ0) is 35.3. The van der Waals surface area contributed by atoms with Crippen molar-refractivity contribution in [2.24, 2.45) is 0 Å². The maximum absolute atomic E-state index is 6.52. The Bertz CT molecular complexity index is 3100. The Morgan fingerprint density at radius 2 is 0.981 bits per heavy atom. The van der Waals surface area contributed by atoms with Gasteiger partial charge in [-0.3, -0.25) is 0 Å². The highest BCUT2D eigenvalue weighted by Crippen LogP contribution is 2.49. The van der Waals surface area contributed by atoms with Crippen molar-refractivity contribution in [2.45, 2.75) is 19.3 Å². The monoisotopic (exact) mass is 681 g/mol. The van der Waals surface area contributed by atoms with Crippen LogP contribution in [-0.4, -0.2) is 15.0 Å². The van der Waals surface area contributed by atoms with E-state index in [-0.39, 0.29) is 5.41 Å². The molecule has 0 saturated heterocycles. The Morgan fingerprint density at radius 3 is 1.83 bits per heavy atom. The summed E-state index contributed by atoms with van der Waals surface area (Å²) < 4.78 is 13.0. The molecule has 0 amide bonds. The third kappa shape index (κ3) is 4.40. The Morgan fingerprint density at radius 1 is 0.396 bits per heavy atom. The van der Waals surface area contributed by atoms with Crippen LogP contribution in [0.3, 0.4) is 0 Å². The van der Waals surface area contributed by atoms with Gasteiger partial charge in [0.15, 0.2) is 17.5 Å². The Hall–Kier alpha value is -6.85. The highest BCUT2D eigenvalue weighted by Gasteiger charge is 2.35. The minimum absolute atomic E-state index is 0.171. The van der Waals surface area contributed by atoms with E-state index in [1.165, 1.54) is 22.3 Å². The second-order valence-corrected chi connectivity index (χ2v) is 14.3. The maximum Gasteiger partial charge on any atom is 0.167 e. The quantitative estimate of drug-likeness (QED) is 0.185. The van der Waals surface area contributed by atoms with Crippen molar-refractivity contribution in [1.82, 2.24) is 15.0 Å². The lowest BCUT2D eigenvalue weighted by Crippen LogP contribution is -2.15. The molecule has 11 rings (SSSR count). The van der Waals surface area contributed by atoms with Crippen LogP contribution >= 0.6 is 0 Å². The average Bonchev–Trinajstić information content (AvgIpc) is 3.86. The number of hydrogen-bond acceptors (Lipinski definition) is 5. The number of para-hydroxylation sites is 2. The van der Waals surface area contributed by atoms with Crippen LogP contribution in [-0.2, 0) is 5.41 Å². The van der Waals surface area contributed by atoms with E-state index in [2.05, 4.69) is 105 Å². The average molecular weight is 682 g/mol. The molecule has 0 aliphatic heterocycles. The highest BCUT2D eigenvalue weighted by atomic mass is 16.3. The molecule has 0 radical (unpaired) electrons. The summed E-state index contributed by atoms with van der Waals surface area (Å²) in [6.07, 6.45) is 0. The molecule has 0 N–H and O–H groups in total. The Balaban J connectivity index is 1.19. The Kier molecular flexibility index (Phi) is 6.23. The topological polar surface area (TPSA) is 65.0 Å². The van der Waals surface area contributed by atoms with Crippen molar-refractivity contribution in [1.29, 1.82) is 0 Å². The van der Waals surface area contributed by atoms with Crippen molar-refractivity contribution in [3.63, 3.8) is 0 Å². The van der Waals surface area contributed by atoms with E-state index in [4.69, 9.17) is 23.8 Å². The van der Waals surface area contributed by atoms with Crippen LogP contribution < -0.4 is 0 Å². The summed E-state index contributed by atoms with van der Waals surface area (Å²) in [5, 5.41) is 4.08. The van der Waals surface area contributed by atoms with Crippen LogP contribution in [0.15, 0.2) is 160 Å². The zero-order valence-corrected chi connectivity index (χ0v) is 29.1. The molecular formula is C48H31N3O2. The van der Waals surface area contributed by atoms with E-state index < -0.39 is 0 Å². The van der Waals surface area contributed by atoms with Crippen molar-refractivity contribution in [2.75, 3.05) is 0 Å². The minimum atomic E-state index is -0.171. The normalized spacial score (nSPS) is 13.2. The van der Waals surface area contributed by atoms with E-state index in [9.17, 15) is 0 Å². The fourth-order valence-electron chi connectivity index (χ4n) is 8.42. The van der Waals surface area contributed by atoms with Gasteiger partial charge in [-0.15, -0.1) is 0 Å². The van der Waals surface area contributed by atoms with Crippen molar-refractivity contribution in [3.8, 4) is 56.4 Å². The predicted octanol–water partition coefficient (Wildman–Crippen LogP) is 12.6. The first-order valence-electron chi connectivity index (χ1n) is 17.9. The second-order valence-electron chi connectivity index (χ2n) is 14.3. The van der Waals surface area contributed by atoms with Gasteiger partial charge < -0.3 is 8.83 Å². The molecule has 0 saturated carbocycles. The maximum atomic E-state index is 6.52. The molecule has 5 nitrogen and oxygen atoms in total. The van der Waals surface area contributed by atoms with E-state index in [1.807, 2.05) is 60.7 Å². The molecule has 7 aromatic carbocycles. The summed E-state index contributed by atoms with van der Waals surface area (Å²) in [6, 6.07) is 52.4. The van der Waals surface area contributed by atoms with Gasteiger partial charge in [-0.25, -0.2) is 15.0 Å². The molecule has 250 valence electrons. The first-order valence-corrected chi connectivity index (χ1v) is 17.9. The molecule has 0 fully saturated rings. The highest BCUT2D eigenvalue weighted by molar-refractivity contribution is 6.17. The van der Waals surface area contributed by atoms with Crippen LogP contribution in [0.4, 0.5) is 0 Å². The van der Waals surface area contributed by atoms with Gasteiger partial charge in [-0.05, 0) is 63.7 Å². The van der Waals surface area contributed by atoms with Crippen molar-refractivity contribution in [3.05, 3.63) is 163 Å². The molecule has 0 atom stereocenters. The number of fused-ring (bicyclic) bond motifs is 9. The van der Waals surface area contributed by atoms with Crippen LogP contribution in [0.5, 0.6) is 0 Å². The fourth-order valence-corrected chi connectivity index (χ4v) is 8.42. The molecule has 1 aliphatic carbocycles. The third-order valence-corrected chi connectivity index (χ3v) is 11.0. The van der Waals surface area contributed by atoms with Gasteiger partial charge in [0.05, 0.1) is 5.56 Å². The lowest BCUT2D eigenvalue weighted by Gasteiger charge is -2.21. The van der Waals surface area contributed by atoms with Gasteiger partial charge >= 0.3 is 0 Å². The molecule has 0 bridgehead atoms. The van der Waals surface area contributed by atoms with Crippen LogP contribution in [0.2, 0.25) is 0 Å². The summed E-state index contributed by atoms with van der Waals surface area (Å²) in [5.41, 5.74) is 12.9. The Labute approximate surface area is 305 Å². The molecule has 10 aromatic rings. The van der Waals surface area contributed by atoms with Crippen LogP contribution in [0.25, 0.3) is 100 Å². The van der Waals surface area contributed by atoms with Gasteiger partial charge in [0.1, 0.15) is 22.3 Å². The SMILES string of the molecule is CC1(C)c2ccccc2-c2ccc(-c3nc(-c4cccc5c4oc4ccccc45)nc(-c4cccc5oc6cccc(-c7ccccc7)c6c45)n3)cc21. The largest absolute Gasteiger partial charge is 0.456 e. The molecule has 3 heterocycles. The van der Waals surface area contributed by atoms with Gasteiger partial charge in [0.2, 0.25) is 0 Å². The predicted molar refractivity (Wildman–Crippen MR) is 214 cm³/mol. The first kappa shape index (κ1) is 29.8. The lowest BCUT2D eigenvalue weighted by atomic mass is 9.82. The molecule has 0 unspecified atom stereocenters. The van der Waals surface area contributed by atoms with Gasteiger partial charge in [0, 0.05) is 38.1 Å². The number of rotatable bonds is 4.